The van der Waals surface area contributed by atoms with Crippen LogP contribution in [-0.2, 0) is 0 Å². The first kappa shape index (κ1) is 15.4. The second-order valence-electron chi connectivity index (χ2n) is 5.31. The number of hydrogen-bond donors (Lipinski definition) is 1. The van der Waals surface area contributed by atoms with Gasteiger partial charge in [-0.2, -0.15) is 13.2 Å². The number of alkyl halides is 3. The lowest BCUT2D eigenvalue weighted by atomic mass is 10.0. The van der Waals surface area contributed by atoms with Crippen LogP contribution in [0.1, 0.15) is 36.9 Å². The van der Waals surface area contributed by atoms with Crippen molar-refractivity contribution in [3.63, 3.8) is 0 Å². The van der Waals surface area contributed by atoms with Crippen LogP contribution in [0.5, 0.6) is 0 Å². The van der Waals surface area contributed by atoms with E-state index in [9.17, 15) is 13.2 Å². The first-order valence-corrected chi connectivity index (χ1v) is 6.86. The molecule has 0 aliphatic carbocycles. The van der Waals surface area contributed by atoms with E-state index in [1.807, 2.05) is 19.9 Å². The molecule has 0 radical (unpaired) electrons. The van der Waals surface area contributed by atoms with E-state index in [0.29, 0.717) is 5.69 Å². The minimum absolute atomic E-state index is 0.208. The fraction of sp³-hybridized carbons (Fsp3) is 0.294. The largest absolute Gasteiger partial charge is 0.412 e. The van der Waals surface area contributed by atoms with Crippen LogP contribution in [-0.4, -0.2) is 6.18 Å². The molecule has 112 valence electrons. The Kier molecular flexibility index (Phi) is 4.56. The topological polar surface area (TPSA) is 12.0 Å². The van der Waals surface area contributed by atoms with Crippen molar-refractivity contribution in [2.75, 3.05) is 5.32 Å². The van der Waals surface area contributed by atoms with Crippen molar-refractivity contribution in [1.82, 2.24) is 0 Å². The van der Waals surface area contributed by atoms with E-state index >= 15 is 0 Å². The van der Waals surface area contributed by atoms with Gasteiger partial charge < -0.3 is 5.32 Å². The third-order valence-electron chi connectivity index (χ3n) is 3.32. The Hall–Kier alpha value is -1.97. The molecule has 0 aromatic heterocycles. The zero-order valence-corrected chi connectivity index (χ0v) is 12.0. The minimum Gasteiger partial charge on any atom is -0.370 e. The van der Waals surface area contributed by atoms with Crippen molar-refractivity contribution in [3.8, 4) is 0 Å². The van der Waals surface area contributed by atoms with Crippen molar-refractivity contribution < 1.29 is 13.2 Å². The number of rotatable bonds is 4. The molecule has 1 N–H and O–H groups in total. The highest BCUT2D eigenvalue weighted by atomic mass is 19.4. The smallest absolute Gasteiger partial charge is 0.370 e. The fourth-order valence-electron chi connectivity index (χ4n) is 2.15. The Morgan fingerprint density at radius 3 is 2.05 bits per heavy atom. The molecule has 0 bridgehead atoms. The van der Waals surface area contributed by atoms with Crippen LogP contribution in [0.2, 0.25) is 0 Å². The van der Waals surface area contributed by atoms with Gasteiger partial charge in [0.2, 0.25) is 0 Å². The molecule has 0 aliphatic heterocycles. The Morgan fingerprint density at radius 1 is 0.857 bits per heavy atom. The number of halogens is 3. The van der Waals surface area contributed by atoms with Gasteiger partial charge in [0.25, 0.3) is 0 Å². The molecule has 1 nitrogen and oxygen atoms in total. The van der Waals surface area contributed by atoms with E-state index in [2.05, 4.69) is 5.32 Å². The number of benzene rings is 2. The van der Waals surface area contributed by atoms with Crippen LogP contribution in [0.25, 0.3) is 0 Å². The molecule has 2 rings (SSSR count). The van der Waals surface area contributed by atoms with Gasteiger partial charge in [0, 0.05) is 5.69 Å². The summed E-state index contributed by atoms with van der Waals surface area (Å²) in [5.74, 6) is 0.271. The predicted molar refractivity (Wildman–Crippen MR) is 79.4 cm³/mol. The second kappa shape index (κ2) is 6.20. The van der Waals surface area contributed by atoms with Gasteiger partial charge >= 0.3 is 6.18 Å². The molecule has 0 saturated carbocycles. The third kappa shape index (κ3) is 4.00. The van der Waals surface area contributed by atoms with Gasteiger partial charge in [0.15, 0.2) is 0 Å². The quantitative estimate of drug-likeness (QED) is 0.782. The summed E-state index contributed by atoms with van der Waals surface area (Å²) < 4.78 is 39.9. The maximum atomic E-state index is 13.3. The Labute approximate surface area is 122 Å². The molecule has 2 aromatic rings. The monoisotopic (exact) mass is 293 g/mol. The lowest BCUT2D eigenvalue weighted by Gasteiger charge is -2.23. The van der Waals surface area contributed by atoms with E-state index in [1.54, 1.807) is 36.4 Å². The Morgan fingerprint density at radius 2 is 1.48 bits per heavy atom. The predicted octanol–water partition coefficient (Wildman–Crippen LogP) is 5.53. The van der Waals surface area contributed by atoms with Crippen molar-refractivity contribution in [2.24, 2.45) is 0 Å². The van der Waals surface area contributed by atoms with E-state index in [4.69, 9.17) is 0 Å². The van der Waals surface area contributed by atoms with Crippen LogP contribution in [0.4, 0.5) is 18.9 Å². The summed E-state index contributed by atoms with van der Waals surface area (Å²) in [6.07, 6.45) is -4.35. The van der Waals surface area contributed by atoms with Crippen molar-refractivity contribution in [1.29, 1.82) is 0 Å². The summed E-state index contributed by atoms with van der Waals surface area (Å²) in [6, 6.07) is 13.3. The van der Waals surface area contributed by atoms with Gasteiger partial charge in [0.05, 0.1) is 0 Å². The first-order valence-electron chi connectivity index (χ1n) is 6.86. The summed E-state index contributed by atoms with van der Waals surface area (Å²) in [5, 5.41) is 2.61. The maximum Gasteiger partial charge on any atom is 0.412 e. The standard InChI is InChI=1S/C17H18F3N/c1-12(2)14-9-6-10-15(11-14)21-16(17(18,19)20)13-7-4-3-5-8-13/h3-12,16,21H,1-2H3. The van der Waals surface area contributed by atoms with Gasteiger partial charge in [-0.25, -0.2) is 0 Å². The first-order chi connectivity index (χ1) is 9.88. The van der Waals surface area contributed by atoms with E-state index in [0.717, 1.165) is 5.56 Å². The highest BCUT2D eigenvalue weighted by Gasteiger charge is 2.40. The van der Waals surface area contributed by atoms with Crippen LogP contribution >= 0.6 is 0 Å². The molecule has 1 atom stereocenters. The highest BCUT2D eigenvalue weighted by molar-refractivity contribution is 5.49. The number of anilines is 1. The maximum absolute atomic E-state index is 13.3. The lowest BCUT2D eigenvalue weighted by molar-refractivity contribution is -0.144. The highest BCUT2D eigenvalue weighted by Crippen LogP contribution is 2.35. The molecule has 0 spiro atoms. The number of nitrogens with one attached hydrogen (secondary N) is 1. The molecular formula is C17H18F3N. The molecule has 21 heavy (non-hydrogen) atoms. The Balaban J connectivity index is 2.30. The third-order valence-corrected chi connectivity index (χ3v) is 3.32. The summed E-state index contributed by atoms with van der Waals surface area (Å²) in [6.45, 7) is 4.02. The zero-order chi connectivity index (χ0) is 15.5. The second-order valence-corrected chi connectivity index (χ2v) is 5.31. The summed E-state index contributed by atoms with van der Waals surface area (Å²) in [5.41, 5.74) is 1.70. The van der Waals surface area contributed by atoms with Crippen LogP contribution in [0, 0.1) is 0 Å². The van der Waals surface area contributed by atoms with Gasteiger partial charge in [-0.3, -0.25) is 0 Å². The normalized spacial score (nSPS) is 13.2. The lowest BCUT2D eigenvalue weighted by Crippen LogP contribution is -2.27. The van der Waals surface area contributed by atoms with Crippen molar-refractivity contribution in [3.05, 3.63) is 65.7 Å². The average molecular weight is 293 g/mol. The average Bonchev–Trinajstić information content (AvgIpc) is 2.45. The van der Waals surface area contributed by atoms with E-state index in [1.165, 1.54) is 12.1 Å². The molecule has 4 heteroatoms. The molecular weight excluding hydrogens is 275 g/mol. The Bertz CT molecular complexity index is 576. The minimum atomic E-state index is -4.35. The zero-order valence-electron chi connectivity index (χ0n) is 12.0. The molecule has 0 aliphatic rings. The van der Waals surface area contributed by atoms with Crippen molar-refractivity contribution >= 4 is 5.69 Å². The molecule has 0 fully saturated rings. The van der Waals surface area contributed by atoms with Gasteiger partial charge in [-0.1, -0.05) is 56.3 Å². The SMILES string of the molecule is CC(C)c1cccc(NC(c2ccccc2)C(F)(F)F)c1. The molecule has 0 amide bonds. The van der Waals surface area contributed by atoms with E-state index in [-0.39, 0.29) is 11.5 Å². The summed E-state index contributed by atoms with van der Waals surface area (Å²) in [7, 11) is 0. The fourth-order valence-corrected chi connectivity index (χ4v) is 2.15. The van der Waals surface area contributed by atoms with Crippen molar-refractivity contribution in [2.45, 2.75) is 32.0 Å². The molecule has 1 unspecified atom stereocenters. The van der Waals surface area contributed by atoms with Gasteiger partial charge in [-0.05, 0) is 29.2 Å². The number of hydrogen-bond acceptors (Lipinski definition) is 1. The van der Waals surface area contributed by atoms with Crippen LogP contribution in [0.3, 0.4) is 0 Å². The van der Waals surface area contributed by atoms with Crippen LogP contribution < -0.4 is 5.32 Å². The van der Waals surface area contributed by atoms with Gasteiger partial charge in [0.1, 0.15) is 6.04 Å². The van der Waals surface area contributed by atoms with E-state index < -0.39 is 12.2 Å². The van der Waals surface area contributed by atoms with Crippen LogP contribution in [0.15, 0.2) is 54.6 Å². The molecule has 2 aromatic carbocycles. The summed E-state index contributed by atoms with van der Waals surface area (Å²) >= 11 is 0. The molecule has 0 heterocycles. The van der Waals surface area contributed by atoms with Gasteiger partial charge in [-0.15, -0.1) is 0 Å². The summed E-state index contributed by atoms with van der Waals surface area (Å²) in [4.78, 5) is 0. The molecule has 0 saturated heterocycles.